The van der Waals surface area contributed by atoms with E-state index >= 15 is 0 Å². The molecule has 0 unspecified atom stereocenters. The largest absolute Gasteiger partial charge is 0.368 e. The van der Waals surface area contributed by atoms with Crippen molar-refractivity contribution in [2.45, 2.75) is 52.5 Å². The van der Waals surface area contributed by atoms with Gasteiger partial charge in [0, 0.05) is 19.7 Å². The van der Waals surface area contributed by atoms with Gasteiger partial charge in [0.2, 0.25) is 11.9 Å². The molecule has 7 nitrogen and oxygen atoms in total. The third kappa shape index (κ3) is 4.31. The summed E-state index contributed by atoms with van der Waals surface area (Å²) in [5.74, 6) is 0.754. The van der Waals surface area contributed by atoms with E-state index in [2.05, 4.69) is 39.4 Å². The number of unbranched alkanes of at least 4 members (excludes halogenated alkanes) is 1. The van der Waals surface area contributed by atoms with E-state index in [-0.39, 0.29) is 17.4 Å². The lowest BCUT2D eigenvalue weighted by molar-refractivity contribution is -0.119. The Hall–Kier alpha value is -2.44. The Morgan fingerprint density at radius 3 is 2.75 bits per heavy atom. The molecule has 2 aromatic heterocycles. The van der Waals surface area contributed by atoms with Crippen molar-refractivity contribution in [3.8, 4) is 0 Å². The molecule has 130 valence electrons. The van der Waals surface area contributed by atoms with Crippen LogP contribution in [0.15, 0.2) is 12.3 Å². The summed E-state index contributed by atoms with van der Waals surface area (Å²) in [5, 5.41) is 6.34. The lowest BCUT2D eigenvalue weighted by Gasteiger charge is -2.32. The summed E-state index contributed by atoms with van der Waals surface area (Å²) in [6.07, 6.45) is 4.73. The Kier molecular flexibility index (Phi) is 5.54. The van der Waals surface area contributed by atoms with E-state index in [0.717, 1.165) is 30.3 Å². The Bertz CT molecular complexity index is 732. The number of nitrogens with one attached hydrogen (secondary N) is 2. The number of amides is 1. The fourth-order valence-corrected chi connectivity index (χ4v) is 2.63. The lowest BCUT2D eigenvalue weighted by Crippen LogP contribution is -2.46. The summed E-state index contributed by atoms with van der Waals surface area (Å²) >= 11 is 0. The van der Waals surface area contributed by atoms with E-state index < -0.39 is 0 Å². The third-order valence-corrected chi connectivity index (χ3v) is 4.03. The lowest BCUT2D eigenvalue weighted by atomic mass is 9.94. The summed E-state index contributed by atoms with van der Waals surface area (Å²) in [7, 11) is 0. The molecule has 0 fully saturated rings. The summed E-state index contributed by atoms with van der Waals surface area (Å²) in [4.78, 5) is 24.4. The Morgan fingerprint density at radius 2 is 2.08 bits per heavy atom. The molecule has 0 saturated heterocycles. The van der Waals surface area contributed by atoms with Crippen LogP contribution in [0.4, 0.5) is 11.8 Å². The molecule has 0 aliphatic rings. The van der Waals surface area contributed by atoms with Gasteiger partial charge >= 0.3 is 0 Å². The maximum atomic E-state index is 11.3. The molecule has 7 heteroatoms. The number of aromatic nitrogens is 3. The van der Waals surface area contributed by atoms with Crippen LogP contribution in [0, 0.1) is 6.92 Å². The van der Waals surface area contributed by atoms with Crippen molar-refractivity contribution in [2.75, 3.05) is 17.6 Å². The molecule has 0 aromatic carbocycles. The predicted molar refractivity (Wildman–Crippen MR) is 96.7 cm³/mol. The van der Waals surface area contributed by atoms with Crippen molar-refractivity contribution in [3.63, 3.8) is 0 Å². The van der Waals surface area contributed by atoms with Gasteiger partial charge < -0.3 is 16.4 Å². The van der Waals surface area contributed by atoms with Gasteiger partial charge in [-0.05, 0) is 31.9 Å². The van der Waals surface area contributed by atoms with Crippen molar-refractivity contribution in [1.29, 1.82) is 0 Å². The summed E-state index contributed by atoms with van der Waals surface area (Å²) in [5.41, 5.74) is 7.95. The molecule has 2 heterocycles. The van der Waals surface area contributed by atoms with Gasteiger partial charge in [-0.3, -0.25) is 9.78 Å². The highest BCUT2D eigenvalue weighted by molar-refractivity contribution is 5.88. The predicted octanol–water partition coefficient (Wildman–Crippen LogP) is 2.41. The molecule has 0 radical (unpaired) electrons. The molecule has 0 bridgehead atoms. The van der Waals surface area contributed by atoms with Crippen molar-refractivity contribution < 1.29 is 4.79 Å². The van der Waals surface area contributed by atoms with E-state index in [1.165, 1.54) is 6.92 Å². The van der Waals surface area contributed by atoms with Gasteiger partial charge in [0.25, 0.3) is 0 Å². The number of hydrogen-bond acceptors (Lipinski definition) is 6. The number of rotatable bonds is 7. The van der Waals surface area contributed by atoms with E-state index in [1.54, 1.807) is 6.20 Å². The van der Waals surface area contributed by atoms with Crippen molar-refractivity contribution in [2.24, 2.45) is 0 Å². The van der Waals surface area contributed by atoms with Gasteiger partial charge in [0.05, 0.1) is 11.1 Å². The minimum atomic E-state index is -0.346. The smallest absolute Gasteiger partial charge is 0.222 e. The van der Waals surface area contributed by atoms with Crippen molar-refractivity contribution in [3.05, 3.63) is 17.8 Å². The molecule has 0 saturated carbocycles. The number of nitrogens with zero attached hydrogens (tertiary/aromatic N) is 3. The van der Waals surface area contributed by atoms with Crippen LogP contribution in [-0.2, 0) is 4.79 Å². The molecular weight excluding hydrogens is 304 g/mol. The highest BCUT2D eigenvalue weighted by Gasteiger charge is 2.26. The Morgan fingerprint density at radius 1 is 1.33 bits per heavy atom. The number of carbonyl (C=O) groups is 1. The van der Waals surface area contributed by atoms with Crippen LogP contribution in [0.1, 0.15) is 45.6 Å². The molecule has 2 aromatic rings. The zero-order chi connectivity index (χ0) is 17.7. The average molecular weight is 330 g/mol. The number of anilines is 2. The Labute approximate surface area is 142 Å². The second-order valence-corrected chi connectivity index (χ2v) is 6.45. The van der Waals surface area contributed by atoms with Gasteiger partial charge in [-0.1, -0.05) is 19.8 Å². The first kappa shape index (κ1) is 17.9. The highest BCUT2D eigenvalue weighted by atomic mass is 16.1. The standard InChI is InChI=1S/C17H26N6O/c1-5-6-8-17(4,10-20-12(3)24)23-15-14-13(21-16(18)22-15)11(2)7-9-19-14/h7,9H,5-6,8,10H2,1-4H3,(H,20,24)(H3,18,21,22,23)/t17-/m0/s1. The quantitative estimate of drug-likeness (QED) is 0.720. The number of fused-ring (bicyclic) bond motifs is 1. The average Bonchev–Trinajstić information content (AvgIpc) is 2.52. The maximum absolute atomic E-state index is 11.3. The molecule has 1 amide bonds. The maximum Gasteiger partial charge on any atom is 0.222 e. The summed E-state index contributed by atoms with van der Waals surface area (Å²) in [6, 6.07) is 1.89. The van der Waals surface area contributed by atoms with E-state index in [1.807, 2.05) is 13.0 Å². The second-order valence-electron chi connectivity index (χ2n) is 6.45. The first-order chi connectivity index (χ1) is 11.3. The Balaban J connectivity index is 2.39. The van der Waals surface area contributed by atoms with Gasteiger partial charge in [-0.15, -0.1) is 0 Å². The first-order valence-electron chi connectivity index (χ1n) is 8.26. The zero-order valence-corrected chi connectivity index (χ0v) is 14.8. The number of hydrogen-bond donors (Lipinski definition) is 3. The number of pyridine rings is 1. The molecule has 1 atom stereocenters. The second kappa shape index (κ2) is 7.42. The SMILES string of the molecule is CCCC[C@@](C)(CNC(C)=O)Nc1nc(N)nc2c(C)ccnc12. The van der Waals surface area contributed by atoms with Crippen molar-refractivity contribution >= 4 is 28.7 Å². The first-order valence-corrected chi connectivity index (χ1v) is 8.26. The molecule has 2 rings (SSSR count). The number of nitrogen functional groups attached to an aromatic ring is 1. The normalized spacial score (nSPS) is 13.5. The number of aryl methyl sites for hydroxylation is 1. The van der Waals surface area contributed by atoms with E-state index in [4.69, 9.17) is 5.73 Å². The van der Waals surface area contributed by atoms with Crippen LogP contribution >= 0.6 is 0 Å². The number of nitrogens with two attached hydrogens (primary N) is 1. The summed E-state index contributed by atoms with van der Waals surface area (Å²) < 4.78 is 0. The molecule has 0 aliphatic carbocycles. The van der Waals surface area contributed by atoms with E-state index in [9.17, 15) is 4.79 Å². The van der Waals surface area contributed by atoms with Crippen molar-refractivity contribution in [1.82, 2.24) is 20.3 Å². The van der Waals surface area contributed by atoms with Crippen LogP contribution in [-0.4, -0.2) is 32.9 Å². The van der Waals surface area contributed by atoms with Gasteiger partial charge in [0.1, 0.15) is 5.52 Å². The van der Waals surface area contributed by atoms with Crippen LogP contribution in [0.25, 0.3) is 11.0 Å². The van der Waals surface area contributed by atoms with Crippen LogP contribution in [0.3, 0.4) is 0 Å². The fourth-order valence-electron chi connectivity index (χ4n) is 2.63. The topological polar surface area (TPSA) is 106 Å². The van der Waals surface area contributed by atoms with Crippen LogP contribution < -0.4 is 16.4 Å². The van der Waals surface area contributed by atoms with Crippen LogP contribution in [0.5, 0.6) is 0 Å². The monoisotopic (exact) mass is 330 g/mol. The fraction of sp³-hybridized carbons (Fsp3) is 0.529. The van der Waals surface area contributed by atoms with Gasteiger partial charge in [-0.25, -0.2) is 4.98 Å². The summed E-state index contributed by atoms with van der Waals surface area (Å²) in [6.45, 7) is 8.19. The molecule has 0 spiro atoms. The molecule has 0 aliphatic heterocycles. The highest BCUT2D eigenvalue weighted by Crippen LogP contribution is 2.26. The molecular formula is C17H26N6O. The minimum absolute atomic E-state index is 0.0550. The van der Waals surface area contributed by atoms with Crippen LogP contribution in [0.2, 0.25) is 0 Å². The van der Waals surface area contributed by atoms with Gasteiger partial charge in [-0.2, -0.15) is 4.98 Å². The zero-order valence-electron chi connectivity index (χ0n) is 14.8. The molecule has 24 heavy (non-hydrogen) atoms. The van der Waals surface area contributed by atoms with Gasteiger partial charge in [0.15, 0.2) is 5.82 Å². The third-order valence-electron chi connectivity index (χ3n) is 4.03. The van der Waals surface area contributed by atoms with E-state index in [0.29, 0.717) is 17.9 Å². The molecule has 4 N–H and O–H groups in total. The number of carbonyl (C=O) groups excluding carboxylic acids is 1. The minimum Gasteiger partial charge on any atom is -0.368 e.